The van der Waals surface area contributed by atoms with Crippen LogP contribution in [0.25, 0.3) is 0 Å². The number of amides is 1. The summed E-state index contributed by atoms with van der Waals surface area (Å²) >= 11 is 2.04. The van der Waals surface area contributed by atoms with Crippen LogP contribution >= 0.6 is 22.9 Å². The Bertz CT molecular complexity index is 405. The zero-order valence-electron chi connectivity index (χ0n) is 18.1. The van der Waals surface area contributed by atoms with Gasteiger partial charge in [-0.1, -0.05) is 27.7 Å². The number of carbonyl (C=O) groups excluding carboxylic acids is 1. The Morgan fingerprint density at radius 2 is 1.54 bits per heavy atom. The number of carbonyl (C=O) groups is 1. The number of likely N-dealkylation sites (tertiary alicyclic amines) is 1. The van der Waals surface area contributed by atoms with Gasteiger partial charge in [-0.25, -0.2) is 0 Å². The predicted octanol–water partition coefficient (Wildman–Crippen LogP) is 2.33. The van der Waals surface area contributed by atoms with Crippen molar-refractivity contribution in [2.24, 2.45) is 5.92 Å². The molecule has 0 atom stereocenters. The summed E-state index contributed by atoms with van der Waals surface area (Å²) in [6, 6.07) is 1.24. The van der Waals surface area contributed by atoms with Gasteiger partial charge in [0.05, 0.1) is 69.1 Å². The molecule has 1 rings (SSSR count). The quantitative estimate of drug-likeness (QED) is 0.206. The summed E-state index contributed by atoms with van der Waals surface area (Å²) in [5.74, 6) is 0.156. The molecule has 8 heteroatoms. The summed E-state index contributed by atoms with van der Waals surface area (Å²) < 4.78 is 18.4. The molecule has 0 aromatic carbocycles. The van der Waals surface area contributed by atoms with Gasteiger partial charge in [0.2, 0.25) is 5.91 Å². The fourth-order valence-electron chi connectivity index (χ4n) is 3.07. The highest BCUT2D eigenvalue weighted by molar-refractivity contribution is 14.1. The molecule has 0 aromatic heterocycles. The highest BCUT2D eigenvalue weighted by Crippen LogP contribution is 2.10. The first kappa shape index (κ1) is 26.0. The Morgan fingerprint density at radius 1 is 1.00 bits per heavy atom. The van der Waals surface area contributed by atoms with Crippen LogP contribution < -0.4 is 5.32 Å². The van der Waals surface area contributed by atoms with Gasteiger partial charge in [-0.2, -0.15) is 0 Å². The van der Waals surface area contributed by atoms with Crippen LogP contribution in [-0.2, 0) is 19.0 Å². The monoisotopic (exact) mass is 513 g/mol. The molecule has 1 saturated heterocycles. The average Bonchev–Trinajstić information content (AvgIpc) is 2.66. The molecule has 0 saturated carbocycles. The molecule has 1 heterocycles. The van der Waals surface area contributed by atoms with Crippen LogP contribution in [0.5, 0.6) is 0 Å². The highest BCUT2D eigenvalue weighted by atomic mass is 127. The third-order valence-corrected chi connectivity index (χ3v) is 5.58. The first-order valence-corrected chi connectivity index (χ1v) is 11.6. The first-order valence-electron chi connectivity index (χ1n) is 10.6. The van der Waals surface area contributed by atoms with E-state index >= 15 is 0 Å². The first-order chi connectivity index (χ1) is 13.4. The maximum absolute atomic E-state index is 11.7. The van der Waals surface area contributed by atoms with Crippen molar-refractivity contribution in [3.63, 3.8) is 0 Å². The molecule has 0 bridgehead atoms. The molecule has 0 aliphatic carbocycles. The average molecular weight is 513 g/mol. The number of ether oxygens (including phenoxy) is 3. The second-order valence-electron chi connectivity index (χ2n) is 7.85. The Kier molecular flexibility index (Phi) is 14.7. The molecule has 7 nitrogen and oxygen atoms in total. The number of rotatable bonds is 15. The van der Waals surface area contributed by atoms with E-state index in [2.05, 4.69) is 24.1 Å². The van der Waals surface area contributed by atoms with Gasteiger partial charge in [-0.15, -0.1) is 0 Å². The van der Waals surface area contributed by atoms with Gasteiger partial charge in [0.15, 0.2) is 0 Å². The van der Waals surface area contributed by atoms with E-state index < -0.39 is 0 Å². The van der Waals surface area contributed by atoms with E-state index in [1.165, 1.54) is 12.8 Å². The van der Waals surface area contributed by atoms with Gasteiger partial charge in [-0.05, 0) is 25.9 Å². The van der Waals surface area contributed by atoms with E-state index in [-0.39, 0.29) is 11.8 Å². The summed E-state index contributed by atoms with van der Waals surface area (Å²) in [6.45, 7) is 15.7. The minimum atomic E-state index is 0.0222. The van der Waals surface area contributed by atoms with Crippen LogP contribution in [0.2, 0.25) is 0 Å². The number of nitrogens with zero attached hydrogens (tertiary/aromatic N) is 2. The van der Waals surface area contributed by atoms with Crippen molar-refractivity contribution in [3.8, 4) is 0 Å². The molecule has 1 aliphatic rings. The summed E-state index contributed by atoms with van der Waals surface area (Å²) in [6.07, 6.45) is 2.45. The third-order valence-electron chi connectivity index (χ3n) is 4.62. The van der Waals surface area contributed by atoms with E-state index in [4.69, 9.17) is 14.2 Å². The Labute approximate surface area is 185 Å². The molecular weight excluding hydrogens is 473 g/mol. The van der Waals surface area contributed by atoms with Crippen molar-refractivity contribution in [2.45, 2.75) is 52.6 Å². The van der Waals surface area contributed by atoms with Crippen LogP contribution in [0.3, 0.4) is 0 Å². The third kappa shape index (κ3) is 12.5. The predicted molar refractivity (Wildman–Crippen MR) is 121 cm³/mol. The van der Waals surface area contributed by atoms with Crippen molar-refractivity contribution in [1.29, 1.82) is 0 Å². The number of hydrogen-bond donors (Lipinski definition) is 1. The van der Waals surface area contributed by atoms with Gasteiger partial charge in [0.25, 0.3) is 0 Å². The maximum Gasteiger partial charge on any atom is 0.233 e. The molecule has 28 heavy (non-hydrogen) atoms. The van der Waals surface area contributed by atoms with E-state index in [1.54, 1.807) is 3.11 Å². The van der Waals surface area contributed by atoms with Gasteiger partial charge < -0.3 is 24.4 Å². The van der Waals surface area contributed by atoms with Gasteiger partial charge in [-0.3, -0.25) is 7.91 Å². The Hall–Kier alpha value is -0.0000000000000000555. The second-order valence-corrected chi connectivity index (χ2v) is 9.02. The van der Waals surface area contributed by atoms with E-state index in [9.17, 15) is 4.79 Å². The van der Waals surface area contributed by atoms with Crippen molar-refractivity contribution < 1.29 is 19.0 Å². The molecule has 1 fully saturated rings. The normalized spacial score (nSPS) is 16.2. The summed E-state index contributed by atoms with van der Waals surface area (Å²) in [5.41, 5.74) is 0. The van der Waals surface area contributed by atoms with Crippen molar-refractivity contribution >= 4 is 28.8 Å². The second kappa shape index (κ2) is 15.8. The molecule has 0 aromatic rings. The maximum atomic E-state index is 11.7. The zero-order chi connectivity index (χ0) is 20.8. The summed E-state index contributed by atoms with van der Waals surface area (Å²) in [7, 11) is 0. The van der Waals surface area contributed by atoms with Crippen LogP contribution in [0.1, 0.15) is 40.5 Å². The van der Waals surface area contributed by atoms with Crippen LogP contribution in [-0.4, -0.2) is 91.8 Å². The minimum absolute atomic E-state index is 0.0222. The molecule has 0 unspecified atom stereocenters. The lowest BCUT2D eigenvalue weighted by Gasteiger charge is -2.33. The fraction of sp³-hybridized carbons (Fsp3) is 0.950. The van der Waals surface area contributed by atoms with Gasteiger partial charge >= 0.3 is 0 Å². The highest BCUT2D eigenvalue weighted by Gasteiger charge is 2.19. The van der Waals surface area contributed by atoms with Crippen molar-refractivity contribution in [1.82, 2.24) is 13.3 Å². The summed E-state index contributed by atoms with van der Waals surface area (Å²) in [4.78, 5) is 14.2. The smallest absolute Gasteiger partial charge is 0.233 e. The van der Waals surface area contributed by atoms with Crippen LogP contribution in [0, 0.1) is 5.92 Å². The van der Waals surface area contributed by atoms with E-state index in [0.29, 0.717) is 51.7 Å². The zero-order valence-corrected chi connectivity index (χ0v) is 20.3. The Morgan fingerprint density at radius 3 is 2.07 bits per heavy atom. The molecule has 1 N–H and O–H groups in total. The molecule has 166 valence electrons. The number of halogens is 1. The molecule has 0 radical (unpaired) electrons. The molecular formula is C20H40IN3O4. The minimum Gasteiger partial charge on any atom is -0.378 e. The van der Waals surface area contributed by atoms with Crippen LogP contribution in [0.4, 0.5) is 0 Å². The standard InChI is InChI=1S/C20H40IN3O4/c1-17(2)20(25)24(21)10-12-27-14-16-28-15-13-26-11-9-23-7-5-19(6-8-23)22-18(3)4/h17-19,22H,5-16H2,1-4H3. The van der Waals surface area contributed by atoms with Gasteiger partial charge in [0, 0.05) is 24.5 Å². The lowest BCUT2D eigenvalue weighted by atomic mass is 10.0. The van der Waals surface area contributed by atoms with Crippen LogP contribution in [0.15, 0.2) is 0 Å². The number of hydrogen-bond acceptors (Lipinski definition) is 6. The molecule has 1 amide bonds. The number of piperidine rings is 1. The van der Waals surface area contributed by atoms with E-state index in [0.717, 1.165) is 26.2 Å². The fourth-order valence-corrected chi connectivity index (χ4v) is 3.82. The molecule has 1 aliphatic heterocycles. The largest absolute Gasteiger partial charge is 0.378 e. The topological polar surface area (TPSA) is 63.3 Å². The SMILES string of the molecule is CC(C)NC1CCN(CCOCCOCCOCCN(I)C(=O)C(C)C)CC1. The lowest BCUT2D eigenvalue weighted by Crippen LogP contribution is -2.45. The molecule has 0 spiro atoms. The lowest BCUT2D eigenvalue weighted by molar-refractivity contribution is -0.128. The summed E-state index contributed by atoms with van der Waals surface area (Å²) in [5, 5.41) is 3.62. The van der Waals surface area contributed by atoms with Crippen molar-refractivity contribution in [3.05, 3.63) is 0 Å². The number of nitrogens with one attached hydrogen (secondary N) is 1. The van der Waals surface area contributed by atoms with Crippen molar-refractivity contribution in [2.75, 3.05) is 65.8 Å². The van der Waals surface area contributed by atoms with E-state index in [1.807, 2.05) is 36.7 Å². The van der Waals surface area contributed by atoms with Gasteiger partial charge in [0.1, 0.15) is 0 Å². The Balaban J connectivity index is 1.84.